The van der Waals surface area contributed by atoms with Crippen molar-refractivity contribution in [2.24, 2.45) is 0 Å². The molecule has 8 fully saturated rings. The van der Waals surface area contributed by atoms with Crippen LogP contribution in [0.4, 0.5) is 58.4 Å². The number of hydrogen-bond acceptors (Lipinski definition) is 29. The van der Waals surface area contributed by atoms with Crippen LogP contribution in [0.1, 0.15) is 317 Å². The Morgan fingerprint density at radius 1 is 0.458 bits per heavy atom. The number of nitrogens with zero attached hydrogens (tertiary/aromatic N) is 12. The molecule has 0 aromatic carbocycles. The van der Waals surface area contributed by atoms with Gasteiger partial charge in [-0.05, 0) is 241 Å². The third-order valence-corrected chi connectivity index (χ3v) is 30.8. The molecule has 8 aromatic rings. The minimum atomic E-state index is -2.97. The number of likely N-dealkylation sites (tertiary alicyclic amines) is 4. The number of halogens is 8. The summed E-state index contributed by atoms with van der Waals surface area (Å²) in [6.07, 6.45) is 9.24. The number of alkyl halides is 8. The number of aliphatic hydroxyl groups is 5. The maximum Gasteiger partial charge on any atom is 0.280 e. The van der Waals surface area contributed by atoms with Crippen molar-refractivity contribution in [2.45, 2.75) is 353 Å². The van der Waals surface area contributed by atoms with E-state index in [0.717, 1.165) is 109 Å². The van der Waals surface area contributed by atoms with Crippen LogP contribution in [0.2, 0.25) is 0 Å². The maximum absolute atomic E-state index is 14.2. The first-order valence-corrected chi connectivity index (χ1v) is 51.8. The van der Waals surface area contributed by atoms with E-state index in [9.17, 15) is 94.2 Å². The Kier molecular flexibility index (Phi) is 35.0. The molecule has 4 saturated carbocycles. The predicted octanol–water partition coefficient (Wildman–Crippen LogP) is 16.4. The number of hydrogen-bond donors (Lipinski definition) is 13. The summed E-state index contributed by atoms with van der Waals surface area (Å²) in [5.41, 5.74) is 3.91. The van der Waals surface area contributed by atoms with Gasteiger partial charge in [-0.2, -0.15) is 0 Å². The van der Waals surface area contributed by atoms with Crippen molar-refractivity contribution < 1.29 is 94.2 Å². The number of carbonyl (C=O) groups excluding carboxylic acids is 7. The molecule has 4 aliphatic heterocycles. The molecule has 1 unspecified atom stereocenters. The molecular formula is C98H130F8N20O12S4. The average Bonchev–Trinajstić information content (AvgIpc) is 1.63. The molecule has 4 aliphatic carbocycles. The highest BCUT2D eigenvalue weighted by Gasteiger charge is 2.50. The second-order valence-corrected chi connectivity index (χ2v) is 44.4. The van der Waals surface area contributed by atoms with Crippen molar-refractivity contribution in [2.75, 3.05) is 47.4 Å². The summed E-state index contributed by atoms with van der Waals surface area (Å²) in [4.78, 5) is 134. The number of nitrogens with one attached hydrogen (secondary N) is 8. The molecule has 32 nitrogen and oxygen atoms in total. The van der Waals surface area contributed by atoms with Gasteiger partial charge in [0.15, 0.2) is 26.3 Å². The van der Waals surface area contributed by atoms with Gasteiger partial charge in [-0.25, -0.2) is 75.0 Å². The summed E-state index contributed by atoms with van der Waals surface area (Å²) >= 11 is 4.08. The lowest BCUT2D eigenvalue weighted by molar-refractivity contribution is -0.00526. The molecule has 8 aliphatic rings. The van der Waals surface area contributed by atoms with Gasteiger partial charge in [-0.15, -0.1) is 45.3 Å². The van der Waals surface area contributed by atoms with Crippen molar-refractivity contribution in [3.8, 4) is 41.8 Å². The van der Waals surface area contributed by atoms with Gasteiger partial charge in [0.2, 0.25) is 0 Å². The Bertz CT molecular complexity index is 5860. The van der Waals surface area contributed by atoms with Crippen molar-refractivity contribution in [1.82, 2.24) is 80.7 Å². The standard InChI is InChI=1S/C25H35F2N5O3S.C25H33F2N5O3S.2C24H31F2N5O3S/c1-13-6-5-9-32(13)24(35)19-20(36-23(30-19)22(34)29-14-7-8-15(33)10-14)17-12-28-18(31-25(2,3)4)11-16(17)21(26)27;1-5-14(3)29-19-9-13(2)16(11-28-19)21-20(24(35)32-12-25(26,27)10-15(32)4)31-23(36-21)22(34)30-17-7-6-8-18(17)33;1-12(2)28-18-7-13(3)17(10-27-18)20-19(23(34)31-11-24(25,26)9-14(31)4)30-22(35-20)21(33)29-15-5-6-16(32)8-15;1-12(2)28-18-8-13(3)15(10-27-18)20-19(23(34)31-11-24(25,26)9-14(31)4)30-22(35-20)21(33)29-16-6-5-7-17(16)32/h11-15,21,24,33,35H,5-10H2,1-4H3,(H,28,31)(H,29,34);9,11,14-15,17-18,33H,5-8,10,12H2,1-4H3,(H,28,29)(H,30,34);7,10,12,14-16,32H,5-6,8-9,11H2,1-4H3,(H,27,28)(H,29,33);8,10,12,14,16-17,32H,5-7,9,11H2,1-4H3,(H,27,28)(H,29,33)/t13-,14-,15-,24?;14-,15+,17+,18+;14-,15-,16-;14-,16-,17-/m0100/s1. The van der Waals surface area contributed by atoms with Gasteiger partial charge >= 0.3 is 0 Å². The molecular weight excluding hydrogens is 1930 g/mol. The lowest BCUT2D eigenvalue weighted by atomic mass is 10.1. The number of pyridine rings is 4. The molecule has 12 heterocycles. The van der Waals surface area contributed by atoms with Crippen molar-refractivity contribution in [1.29, 1.82) is 0 Å². The highest BCUT2D eigenvalue weighted by atomic mass is 32.1. The SMILES string of the molecule is CC[C@@H](C)Nc1cc(C)c(-c2sc(C(=O)N[C@H]3CCC[C@@H]3O)nc2C(=O)N2CC(F)(F)C[C@@H]2C)cn1.C[C@H]1CCCN1C(O)c1nc(C(=O)N[C@H]2CC[C@H](O)C2)sc1-c1cnc(NC(C)(C)C)cc1C(F)F.Cc1cc(NC(C)C)ncc1-c1sc(C(=O)N[C@H]2CCC[C@@H]2O)nc1C(=O)N1CC(F)(F)C[C@@H]1C.Cc1cc(NC(C)C)ncc1-c1sc(C(=O)N[C@H]2CC[C@H](O)C2)nc1C(=O)N1CC(F)(F)C[C@@H]1C. The van der Waals surface area contributed by atoms with Crippen molar-refractivity contribution >= 4 is 110 Å². The van der Waals surface area contributed by atoms with E-state index in [2.05, 4.69) is 89.3 Å². The van der Waals surface area contributed by atoms with Crippen molar-refractivity contribution in [3.63, 3.8) is 0 Å². The number of aromatic nitrogens is 8. The highest BCUT2D eigenvalue weighted by Crippen LogP contribution is 2.46. The third-order valence-electron chi connectivity index (χ3n) is 26.4. The molecule has 0 radical (unpaired) electrons. The molecule has 7 amide bonds. The number of thiazole rings is 4. The summed E-state index contributed by atoms with van der Waals surface area (Å²) in [7, 11) is 0. The van der Waals surface area contributed by atoms with Crippen LogP contribution in [0.15, 0.2) is 49.1 Å². The number of aliphatic hydroxyl groups excluding tert-OH is 5. The van der Waals surface area contributed by atoms with Gasteiger partial charge in [-0.1, -0.05) is 6.92 Å². The molecule has 13 N–H and O–H groups in total. The fraction of sp³-hybridized carbons (Fsp3) is 0.602. The summed E-state index contributed by atoms with van der Waals surface area (Å²) in [5, 5.41) is 75.5. The Morgan fingerprint density at radius 3 is 1.13 bits per heavy atom. The second kappa shape index (κ2) is 45.6. The molecule has 16 rings (SSSR count). The largest absolute Gasteiger partial charge is 0.393 e. The number of amides is 7. The first-order chi connectivity index (χ1) is 66.8. The fourth-order valence-electron chi connectivity index (χ4n) is 19.0. The Hall–Kier alpha value is -10.2. The van der Waals surface area contributed by atoms with Crippen LogP contribution in [0.5, 0.6) is 0 Å². The van der Waals surface area contributed by atoms with Crippen LogP contribution in [0, 0.1) is 20.8 Å². The van der Waals surface area contributed by atoms with Crippen molar-refractivity contribution in [3.05, 3.63) is 114 Å². The molecule has 14 atom stereocenters. The molecule has 8 aromatic heterocycles. The topological polar surface area (TPSA) is 433 Å². The lowest BCUT2D eigenvalue weighted by Crippen LogP contribution is -2.40. The second-order valence-electron chi connectivity index (χ2n) is 40.4. The summed E-state index contributed by atoms with van der Waals surface area (Å²) in [6, 6.07) is 4.45. The normalized spacial score (nSPS) is 23.8. The summed E-state index contributed by atoms with van der Waals surface area (Å²) < 4.78 is 113. The Labute approximate surface area is 836 Å². The minimum Gasteiger partial charge on any atom is -0.393 e. The van der Waals surface area contributed by atoms with Gasteiger partial charge in [-0.3, -0.25) is 38.5 Å². The number of anilines is 4. The quantitative estimate of drug-likeness (QED) is 0.0224. The minimum absolute atomic E-state index is 0.0226. The summed E-state index contributed by atoms with van der Waals surface area (Å²) in [6.45, 7) is 28.7. The van der Waals surface area contributed by atoms with Gasteiger partial charge in [0.1, 0.15) is 46.0 Å². The van der Waals surface area contributed by atoms with Crippen LogP contribution >= 0.6 is 45.3 Å². The molecule has 4 saturated heterocycles. The van der Waals surface area contributed by atoms with E-state index in [1.165, 1.54) is 12.3 Å². The Morgan fingerprint density at radius 2 is 0.817 bits per heavy atom. The first kappa shape index (κ1) is 109. The monoisotopic (exact) mass is 2060 g/mol. The smallest absolute Gasteiger partial charge is 0.280 e. The fourth-order valence-corrected chi connectivity index (χ4v) is 23.1. The van der Waals surface area contributed by atoms with E-state index in [1.54, 1.807) is 39.4 Å². The van der Waals surface area contributed by atoms with E-state index in [0.29, 0.717) is 130 Å². The number of carbonyl (C=O) groups is 7. The average molecular weight is 2060 g/mol. The van der Waals surface area contributed by atoms with E-state index in [4.69, 9.17) is 0 Å². The van der Waals surface area contributed by atoms with E-state index in [1.807, 2.05) is 106 Å². The lowest BCUT2D eigenvalue weighted by Gasteiger charge is -2.27. The van der Waals surface area contributed by atoms with Crippen LogP contribution in [0.25, 0.3) is 41.8 Å². The zero-order valence-electron chi connectivity index (χ0n) is 82.6. The highest BCUT2D eigenvalue weighted by molar-refractivity contribution is 7.18. The van der Waals surface area contributed by atoms with E-state index in [-0.39, 0.29) is 108 Å². The van der Waals surface area contributed by atoms with Gasteiger partial charge < -0.3 is 82.8 Å². The first-order valence-electron chi connectivity index (χ1n) is 48.6. The van der Waals surface area contributed by atoms with Crippen LogP contribution in [-0.2, 0) is 0 Å². The zero-order valence-corrected chi connectivity index (χ0v) is 85.9. The zero-order chi connectivity index (χ0) is 103. The molecule has 44 heteroatoms. The van der Waals surface area contributed by atoms with Crippen LogP contribution in [0.3, 0.4) is 0 Å². The van der Waals surface area contributed by atoms with Crippen LogP contribution < -0.4 is 42.5 Å². The molecule has 142 heavy (non-hydrogen) atoms. The number of aryl methyl sites for hydroxylation is 3. The van der Waals surface area contributed by atoms with Gasteiger partial charge in [0.05, 0.1) is 75.6 Å². The molecule has 0 bridgehead atoms. The Balaban J connectivity index is 0.000000159. The summed E-state index contributed by atoms with van der Waals surface area (Å²) in [5.74, 6) is -10.3. The van der Waals surface area contributed by atoms with E-state index >= 15 is 0 Å². The third kappa shape index (κ3) is 26.9. The predicted molar refractivity (Wildman–Crippen MR) is 530 cm³/mol. The molecule has 0 spiro atoms. The van der Waals surface area contributed by atoms with Crippen LogP contribution in [-0.4, -0.2) is 267 Å². The van der Waals surface area contributed by atoms with Gasteiger partial charge in [0.25, 0.3) is 65.5 Å². The molecule has 774 valence electrons. The van der Waals surface area contributed by atoms with E-state index < -0.39 is 153 Å². The number of rotatable bonds is 26. The van der Waals surface area contributed by atoms with Gasteiger partial charge in [0, 0.05) is 138 Å². The maximum atomic E-state index is 14.2.